The number of azide groups is 1. The molecule has 0 saturated carbocycles. The van der Waals surface area contributed by atoms with Crippen molar-refractivity contribution in [3.8, 4) is 5.75 Å². The fourth-order valence-electron chi connectivity index (χ4n) is 5.01. The second-order valence-corrected chi connectivity index (χ2v) is 11.1. The molecule has 1 amide bonds. The number of halogens is 2. The third kappa shape index (κ3) is 7.33. The molecular formula is C33H30BrFN6O4. The van der Waals surface area contributed by atoms with Crippen LogP contribution < -0.4 is 15.6 Å². The molecule has 10 nitrogen and oxygen atoms in total. The normalized spacial score (nSPS) is 17.1. The Bertz CT molecular complexity index is 1730. The van der Waals surface area contributed by atoms with Gasteiger partial charge in [0.05, 0.1) is 6.61 Å². The quantitative estimate of drug-likeness (QED) is 0.0482. The first-order valence-corrected chi connectivity index (χ1v) is 15.0. The highest BCUT2D eigenvalue weighted by atomic mass is 79.9. The summed E-state index contributed by atoms with van der Waals surface area (Å²) in [6, 6.07) is 27.7. The van der Waals surface area contributed by atoms with E-state index in [-0.39, 0.29) is 31.2 Å². The van der Waals surface area contributed by atoms with Crippen molar-refractivity contribution in [3.05, 3.63) is 140 Å². The summed E-state index contributed by atoms with van der Waals surface area (Å²) >= 11 is 3.60. The molecule has 4 aromatic rings. The molecule has 5 rings (SSSR count). The fourth-order valence-corrected chi connectivity index (χ4v) is 5.43. The molecule has 45 heavy (non-hydrogen) atoms. The van der Waals surface area contributed by atoms with Crippen LogP contribution in [0.2, 0.25) is 0 Å². The van der Waals surface area contributed by atoms with Crippen molar-refractivity contribution in [2.45, 2.75) is 31.0 Å². The highest BCUT2D eigenvalue weighted by Gasteiger charge is 2.54. The summed E-state index contributed by atoms with van der Waals surface area (Å²) in [4.78, 5) is 22.3. The smallest absolute Gasteiger partial charge is 0.266 e. The van der Waals surface area contributed by atoms with Crippen molar-refractivity contribution in [2.75, 3.05) is 13.2 Å². The Kier molecular flexibility index (Phi) is 10.4. The van der Waals surface area contributed by atoms with Crippen LogP contribution >= 0.6 is 15.9 Å². The van der Waals surface area contributed by atoms with E-state index in [4.69, 9.17) is 19.6 Å². The minimum absolute atomic E-state index is 0.0261. The summed E-state index contributed by atoms with van der Waals surface area (Å²) in [7, 11) is 0. The zero-order valence-electron chi connectivity index (χ0n) is 24.1. The van der Waals surface area contributed by atoms with Crippen LogP contribution in [0.1, 0.15) is 34.8 Å². The van der Waals surface area contributed by atoms with Gasteiger partial charge in [0.25, 0.3) is 5.91 Å². The SMILES string of the molecule is [N-]=[N+]=Nc1ccccc1[C@@H]1OC(c2ccc(OCCCO)cc2)=N[C@]1(Cc1ccccc1Br)C(=O)NNCc1ccccc1F. The summed E-state index contributed by atoms with van der Waals surface area (Å²) in [5.74, 6) is -0.134. The summed E-state index contributed by atoms with van der Waals surface area (Å²) in [6.45, 7) is 0.414. The van der Waals surface area contributed by atoms with Gasteiger partial charge in [0.2, 0.25) is 5.90 Å². The molecule has 0 aromatic heterocycles. The highest BCUT2D eigenvalue weighted by Crippen LogP contribution is 2.46. The van der Waals surface area contributed by atoms with Crippen molar-refractivity contribution >= 4 is 33.4 Å². The average Bonchev–Trinajstić information content (AvgIpc) is 3.44. The van der Waals surface area contributed by atoms with E-state index in [2.05, 4.69) is 36.8 Å². The number of aliphatic hydroxyl groups is 1. The first kappa shape index (κ1) is 31.7. The van der Waals surface area contributed by atoms with Crippen molar-refractivity contribution in [1.29, 1.82) is 0 Å². The van der Waals surface area contributed by atoms with Crippen LogP contribution in [0.25, 0.3) is 10.4 Å². The van der Waals surface area contributed by atoms with E-state index in [0.717, 1.165) is 10.0 Å². The first-order chi connectivity index (χ1) is 21.9. The maximum atomic E-state index is 14.4. The minimum atomic E-state index is -1.60. The predicted molar refractivity (Wildman–Crippen MR) is 171 cm³/mol. The number of amides is 1. The molecule has 2 atom stereocenters. The lowest BCUT2D eigenvalue weighted by Gasteiger charge is -2.31. The number of carbonyl (C=O) groups excluding carboxylic acids is 1. The summed E-state index contributed by atoms with van der Waals surface area (Å²) in [5.41, 5.74) is 15.8. The Morgan fingerprint density at radius 1 is 1.04 bits per heavy atom. The predicted octanol–water partition coefficient (Wildman–Crippen LogP) is 6.61. The highest BCUT2D eigenvalue weighted by molar-refractivity contribution is 9.10. The van der Waals surface area contributed by atoms with Gasteiger partial charge in [-0.05, 0) is 47.5 Å². The van der Waals surface area contributed by atoms with Crippen LogP contribution in [0.15, 0.2) is 112 Å². The van der Waals surface area contributed by atoms with Gasteiger partial charge in [0, 0.05) is 57.8 Å². The Balaban J connectivity index is 1.58. The van der Waals surface area contributed by atoms with Crippen LogP contribution in [0.3, 0.4) is 0 Å². The van der Waals surface area contributed by atoms with Crippen molar-refractivity contribution in [3.63, 3.8) is 0 Å². The third-order valence-corrected chi connectivity index (χ3v) is 8.03. The number of benzene rings is 4. The van der Waals surface area contributed by atoms with Gasteiger partial charge in [-0.15, -0.1) is 0 Å². The van der Waals surface area contributed by atoms with Gasteiger partial charge in [-0.25, -0.2) is 14.8 Å². The molecule has 0 bridgehead atoms. The molecule has 3 N–H and O–H groups in total. The van der Waals surface area contributed by atoms with Gasteiger partial charge in [-0.1, -0.05) is 81.7 Å². The molecular weight excluding hydrogens is 643 g/mol. The Morgan fingerprint density at radius 2 is 1.76 bits per heavy atom. The molecule has 12 heteroatoms. The fraction of sp³-hybridized carbons (Fsp3) is 0.212. The number of carbonyl (C=O) groups is 1. The molecule has 1 aliphatic rings. The van der Waals surface area contributed by atoms with Crippen LogP contribution in [0, 0.1) is 5.82 Å². The van der Waals surface area contributed by atoms with Gasteiger partial charge in [0.1, 0.15) is 11.6 Å². The second-order valence-electron chi connectivity index (χ2n) is 10.2. The van der Waals surface area contributed by atoms with Gasteiger partial charge >= 0.3 is 0 Å². The summed E-state index contributed by atoms with van der Waals surface area (Å²) in [5, 5.41) is 12.9. The van der Waals surface area contributed by atoms with E-state index in [1.165, 1.54) is 6.07 Å². The number of hydrogen-bond acceptors (Lipinski definition) is 7. The molecule has 0 fully saturated rings. The van der Waals surface area contributed by atoms with Crippen LogP contribution in [0.5, 0.6) is 5.75 Å². The maximum absolute atomic E-state index is 14.4. The lowest BCUT2D eigenvalue weighted by Crippen LogP contribution is -2.53. The number of nitrogens with zero attached hydrogens (tertiary/aromatic N) is 4. The summed E-state index contributed by atoms with van der Waals surface area (Å²) < 4.78 is 27.3. The Hall–Kier alpha value is -4.74. The number of rotatable bonds is 13. The number of hydrazine groups is 1. The molecule has 1 aliphatic heterocycles. The van der Waals surface area contributed by atoms with E-state index >= 15 is 0 Å². The van der Waals surface area contributed by atoms with Crippen molar-refractivity contribution in [2.24, 2.45) is 10.1 Å². The Labute approximate surface area is 267 Å². The van der Waals surface area contributed by atoms with Crippen LogP contribution in [0.4, 0.5) is 10.1 Å². The second kappa shape index (κ2) is 14.8. The number of hydrogen-bond donors (Lipinski definition) is 3. The van der Waals surface area contributed by atoms with E-state index in [1.807, 2.05) is 24.3 Å². The molecule has 0 spiro atoms. The molecule has 1 heterocycles. The number of nitrogens with one attached hydrogen (secondary N) is 2. The zero-order valence-corrected chi connectivity index (χ0v) is 25.7. The lowest BCUT2D eigenvalue weighted by atomic mass is 9.81. The van der Waals surface area contributed by atoms with E-state index in [0.29, 0.717) is 35.5 Å². The largest absolute Gasteiger partial charge is 0.494 e. The van der Waals surface area contributed by atoms with E-state index < -0.39 is 23.4 Å². The lowest BCUT2D eigenvalue weighted by molar-refractivity contribution is -0.130. The molecule has 230 valence electrons. The number of aliphatic hydroxyl groups excluding tert-OH is 1. The summed E-state index contributed by atoms with van der Waals surface area (Å²) in [6.07, 6.45) is -0.415. The van der Waals surface area contributed by atoms with E-state index in [9.17, 15) is 14.7 Å². The van der Waals surface area contributed by atoms with Gasteiger partial charge in [0.15, 0.2) is 11.6 Å². The maximum Gasteiger partial charge on any atom is 0.266 e. The topological polar surface area (TPSA) is 141 Å². The monoisotopic (exact) mass is 672 g/mol. The molecule has 4 aromatic carbocycles. The van der Waals surface area contributed by atoms with Crippen molar-refractivity contribution < 1.29 is 23.8 Å². The average molecular weight is 674 g/mol. The van der Waals surface area contributed by atoms with Crippen molar-refractivity contribution in [1.82, 2.24) is 10.9 Å². The van der Waals surface area contributed by atoms with Gasteiger partial charge in [-0.2, -0.15) is 0 Å². The van der Waals surface area contributed by atoms with Crippen LogP contribution in [-0.2, 0) is 22.5 Å². The standard InChI is InChI=1S/C33H30BrFN6O4/c34-27-11-4-1-8-23(27)20-33(32(43)40-37-21-24-9-2-5-12-28(24)35)30(26-10-3-6-13-29(26)39-41-36)45-31(38-33)22-14-16-25(17-15-22)44-19-7-18-42/h1-6,8-17,30,37,42H,7,18-21H2,(H,40,43)/t30-,33-/m0/s1. The minimum Gasteiger partial charge on any atom is -0.494 e. The van der Waals surface area contributed by atoms with Crippen LogP contribution in [-0.4, -0.2) is 35.7 Å². The molecule has 0 aliphatic carbocycles. The third-order valence-electron chi connectivity index (χ3n) is 7.26. The number of ether oxygens (including phenoxy) is 2. The van der Waals surface area contributed by atoms with Gasteiger partial charge in [-0.3, -0.25) is 10.2 Å². The van der Waals surface area contributed by atoms with E-state index in [1.54, 1.807) is 66.7 Å². The molecule has 0 radical (unpaired) electrons. The Morgan fingerprint density at radius 3 is 2.49 bits per heavy atom. The zero-order chi connectivity index (χ0) is 31.6. The molecule has 0 unspecified atom stereocenters. The first-order valence-electron chi connectivity index (χ1n) is 14.2. The van der Waals surface area contributed by atoms with Gasteiger partial charge < -0.3 is 14.6 Å². The molecule has 0 saturated heterocycles. The number of aliphatic imine (C=N–C) groups is 1.